The molecule has 0 saturated heterocycles. The van der Waals surface area contributed by atoms with Crippen LogP contribution in [0.1, 0.15) is 46.6 Å². The van der Waals surface area contributed by atoms with Gasteiger partial charge in [-0.25, -0.2) is 27.9 Å². The predicted octanol–water partition coefficient (Wildman–Crippen LogP) is 7.82. The number of hydrogen-bond acceptors (Lipinski definition) is 6. The van der Waals surface area contributed by atoms with Crippen LogP contribution in [-0.4, -0.2) is 27.6 Å². The lowest BCUT2D eigenvalue weighted by atomic mass is 10.0. The Morgan fingerprint density at radius 1 is 1.00 bits per heavy atom. The average Bonchev–Trinajstić information content (AvgIpc) is 3.71. The molecule has 45 heavy (non-hydrogen) atoms. The summed E-state index contributed by atoms with van der Waals surface area (Å²) >= 11 is 5.80. The Bertz CT molecular complexity index is 1980. The molecule has 0 amide bonds. The minimum atomic E-state index is -0.696. The normalized spacial score (nSPS) is 13.4. The van der Waals surface area contributed by atoms with Crippen molar-refractivity contribution in [2.24, 2.45) is 5.41 Å². The zero-order chi connectivity index (χ0) is 31.7. The molecule has 228 valence electrons. The zero-order valence-electron chi connectivity index (χ0n) is 24.1. The number of fused-ring (bicyclic) bond motifs is 1. The van der Waals surface area contributed by atoms with Crippen molar-refractivity contribution in [1.29, 1.82) is 5.26 Å². The molecule has 1 saturated carbocycles. The molecule has 0 spiro atoms. The van der Waals surface area contributed by atoms with Gasteiger partial charge in [-0.05, 0) is 66.9 Å². The Morgan fingerprint density at radius 3 is 2.53 bits per heavy atom. The standard InChI is InChI=1S/C34H26ClF3N4O3/c1-44-33(43)20-6-8-29-30(14-20)42(19-34(9-10-34)11-12-39)31(40-29)15-22-13-27(38)24(17-26(22)37)28-3-2-4-32(41-28)45-18-21-5-7-23(35)16-25(21)36/h2-8,13-14,16-17H,9-11,15,18-19H2,1H3. The predicted molar refractivity (Wildman–Crippen MR) is 161 cm³/mol. The molecule has 6 rings (SSSR count). The number of esters is 1. The Balaban J connectivity index is 1.29. The van der Waals surface area contributed by atoms with E-state index >= 15 is 8.78 Å². The molecule has 11 heteroatoms. The largest absolute Gasteiger partial charge is 0.473 e. The maximum Gasteiger partial charge on any atom is 0.337 e. The van der Waals surface area contributed by atoms with E-state index in [0.717, 1.165) is 25.0 Å². The van der Waals surface area contributed by atoms with E-state index in [4.69, 9.17) is 26.1 Å². The fraction of sp³-hybridized carbons (Fsp3) is 0.235. The van der Waals surface area contributed by atoms with Crippen molar-refractivity contribution in [2.45, 2.75) is 38.8 Å². The molecule has 2 heterocycles. The zero-order valence-corrected chi connectivity index (χ0v) is 24.9. The first-order valence-electron chi connectivity index (χ1n) is 14.1. The Hall–Kier alpha value is -4.88. The third-order valence-corrected chi connectivity index (χ3v) is 8.26. The number of hydrogen-bond donors (Lipinski definition) is 0. The minimum absolute atomic E-state index is 0.0306. The van der Waals surface area contributed by atoms with Crippen LogP contribution in [0.3, 0.4) is 0 Å². The van der Waals surface area contributed by atoms with Gasteiger partial charge in [0.2, 0.25) is 5.88 Å². The monoisotopic (exact) mass is 630 g/mol. The molecule has 1 aliphatic carbocycles. The molecule has 3 aromatic carbocycles. The second-order valence-electron chi connectivity index (χ2n) is 11.1. The van der Waals surface area contributed by atoms with Gasteiger partial charge in [-0.1, -0.05) is 23.7 Å². The highest BCUT2D eigenvalue weighted by atomic mass is 35.5. The van der Waals surface area contributed by atoms with Crippen LogP contribution in [0.25, 0.3) is 22.3 Å². The third-order valence-electron chi connectivity index (χ3n) is 8.03. The average molecular weight is 631 g/mol. The topological polar surface area (TPSA) is 90.0 Å². The van der Waals surface area contributed by atoms with Crippen molar-refractivity contribution in [3.05, 3.63) is 112 Å². The number of rotatable bonds is 10. The first kappa shape index (κ1) is 30.2. The van der Waals surface area contributed by atoms with E-state index in [-0.39, 0.29) is 51.7 Å². The molecule has 0 bridgehead atoms. The van der Waals surface area contributed by atoms with Gasteiger partial charge in [0.1, 0.15) is 29.9 Å². The molecule has 2 aromatic heterocycles. The van der Waals surface area contributed by atoms with E-state index in [1.807, 2.05) is 4.57 Å². The Kier molecular flexibility index (Phi) is 8.21. The molecular weight excluding hydrogens is 605 g/mol. The van der Waals surface area contributed by atoms with Crippen LogP contribution >= 0.6 is 11.6 Å². The van der Waals surface area contributed by atoms with E-state index < -0.39 is 23.4 Å². The van der Waals surface area contributed by atoms with Gasteiger partial charge in [0.25, 0.3) is 0 Å². The maximum absolute atomic E-state index is 15.6. The summed E-state index contributed by atoms with van der Waals surface area (Å²) in [5.74, 6) is -1.80. The number of carbonyl (C=O) groups excluding carboxylic acids is 1. The maximum atomic E-state index is 15.6. The first-order valence-corrected chi connectivity index (χ1v) is 14.5. The van der Waals surface area contributed by atoms with Gasteiger partial charge < -0.3 is 14.0 Å². The number of nitriles is 1. The number of benzene rings is 3. The van der Waals surface area contributed by atoms with E-state index in [1.54, 1.807) is 24.3 Å². The summed E-state index contributed by atoms with van der Waals surface area (Å²) in [4.78, 5) is 21.2. The van der Waals surface area contributed by atoms with Crippen molar-refractivity contribution < 1.29 is 27.4 Å². The number of halogens is 4. The molecule has 7 nitrogen and oxygen atoms in total. The van der Waals surface area contributed by atoms with Crippen LogP contribution in [0.15, 0.2) is 66.7 Å². The molecule has 0 atom stereocenters. The summed E-state index contributed by atoms with van der Waals surface area (Å²) < 4.78 is 57.7. The van der Waals surface area contributed by atoms with Gasteiger partial charge >= 0.3 is 5.97 Å². The molecular formula is C34H26ClF3N4O3. The number of nitrogens with zero attached hydrogens (tertiary/aromatic N) is 4. The van der Waals surface area contributed by atoms with E-state index in [1.165, 1.54) is 37.4 Å². The van der Waals surface area contributed by atoms with Gasteiger partial charge in [-0.2, -0.15) is 5.26 Å². The van der Waals surface area contributed by atoms with Gasteiger partial charge in [-0.15, -0.1) is 0 Å². The summed E-state index contributed by atoms with van der Waals surface area (Å²) in [6.45, 7) is 0.322. The fourth-order valence-electron chi connectivity index (χ4n) is 5.33. The van der Waals surface area contributed by atoms with Crippen LogP contribution in [0.4, 0.5) is 13.2 Å². The fourth-order valence-corrected chi connectivity index (χ4v) is 5.48. The highest BCUT2D eigenvalue weighted by Gasteiger charge is 2.43. The highest BCUT2D eigenvalue weighted by molar-refractivity contribution is 6.30. The van der Waals surface area contributed by atoms with E-state index in [2.05, 4.69) is 11.1 Å². The number of pyridine rings is 1. The van der Waals surface area contributed by atoms with Crippen molar-refractivity contribution in [2.75, 3.05) is 7.11 Å². The molecule has 5 aromatic rings. The number of methoxy groups -OCH3 is 1. The second-order valence-corrected chi connectivity index (χ2v) is 11.6. The minimum Gasteiger partial charge on any atom is -0.473 e. The SMILES string of the molecule is COC(=O)c1ccc2nc(Cc3cc(F)c(-c4cccc(OCc5ccc(Cl)cc5F)n4)cc3F)n(CC3(CC#N)CC3)c2c1. The number of ether oxygens (including phenoxy) is 2. The quantitative estimate of drug-likeness (QED) is 0.146. The van der Waals surface area contributed by atoms with Crippen molar-refractivity contribution in [1.82, 2.24) is 14.5 Å². The van der Waals surface area contributed by atoms with Crippen LogP contribution in [0.5, 0.6) is 5.88 Å². The van der Waals surface area contributed by atoms with E-state index in [0.29, 0.717) is 35.4 Å². The summed E-state index contributed by atoms with van der Waals surface area (Å²) in [6.07, 6.45) is 2.04. The molecule has 0 unspecified atom stereocenters. The lowest BCUT2D eigenvalue weighted by Gasteiger charge is -2.16. The van der Waals surface area contributed by atoms with Crippen LogP contribution in [0.2, 0.25) is 5.02 Å². The van der Waals surface area contributed by atoms with Gasteiger partial charge in [0.15, 0.2) is 0 Å². The summed E-state index contributed by atoms with van der Waals surface area (Å²) in [7, 11) is 1.30. The van der Waals surface area contributed by atoms with Crippen molar-refractivity contribution in [3.63, 3.8) is 0 Å². The summed E-state index contributed by atoms with van der Waals surface area (Å²) in [6, 6.07) is 18.3. The lowest BCUT2D eigenvalue weighted by molar-refractivity contribution is 0.0601. The third kappa shape index (κ3) is 6.35. The van der Waals surface area contributed by atoms with Gasteiger partial charge in [0, 0.05) is 47.0 Å². The number of carbonyl (C=O) groups is 1. The van der Waals surface area contributed by atoms with Crippen LogP contribution in [-0.2, 0) is 24.3 Å². The molecule has 0 aliphatic heterocycles. The smallest absolute Gasteiger partial charge is 0.337 e. The van der Waals surface area contributed by atoms with Crippen LogP contribution in [0, 0.1) is 34.2 Å². The molecule has 1 aliphatic rings. The molecule has 0 N–H and O–H groups in total. The van der Waals surface area contributed by atoms with Gasteiger partial charge in [-0.3, -0.25) is 0 Å². The van der Waals surface area contributed by atoms with Gasteiger partial charge in [0.05, 0.1) is 35.5 Å². The molecule has 1 fully saturated rings. The Labute approximate surface area is 261 Å². The van der Waals surface area contributed by atoms with Crippen LogP contribution < -0.4 is 4.74 Å². The lowest BCUT2D eigenvalue weighted by Crippen LogP contribution is -2.15. The Morgan fingerprint density at radius 2 is 1.80 bits per heavy atom. The second kappa shape index (κ2) is 12.3. The van der Waals surface area contributed by atoms with Crippen molar-refractivity contribution >= 4 is 28.6 Å². The first-order chi connectivity index (χ1) is 21.7. The van der Waals surface area contributed by atoms with Crippen molar-refractivity contribution in [3.8, 4) is 23.2 Å². The number of imidazole rings is 1. The van der Waals surface area contributed by atoms with E-state index in [9.17, 15) is 14.4 Å². The highest BCUT2D eigenvalue weighted by Crippen LogP contribution is 2.50. The summed E-state index contributed by atoms with van der Waals surface area (Å²) in [5.41, 5.74) is 1.75. The summed E-state index contributed by atoms with van der Waals surface area (Å²) in [5, 5.41) is 9.64. The number of aromatic nitrogens is 3. The molecule has 0 radical (unpaired) electrons.